The highest BCUT2D eigenvalue weighted by Crippen LogP contribution is 2.27. The summed E-state index contributed by atoms with van der Waals surface area (Å²) in [6.45, 7) is -0.498. The second kappa shape index (κ2) is 7.39. The van der Waals surface area contributed by atoms with Crippen molar-refractivity contribution >= 4 is 5.95 Å². The Morgan fingerprint density at radius 3 is 2.58 bits per heavy atom. The number of hydrogen-bond acceptors (Lipinski definition) is 5. The average molecular weight is 349 g/mol. The third-order valence-corrected chi connectivity index (χ3v) is 2.78. The third kappa shape index (κ3) is 5.01. The fraction of sp³-hybridized carbons (Fsp3) is 0.286. The number of nitrogens with one attached hydrogen (secondary N) is 1. The van der Waals surface area contributed by atoms with E-state index in [0.29, 0.717) is 6.07 Å². The second-order valence-corrected chi connectivity index (χ2v) is 4.68. The maximum absolute atomic E-state index is 13.0. The quantitative estimate of drug-likeness (QED) is 0.785. The molecule has 2 N–H and O–H groups in total. The van der Waals surface area contributed by atoms with E-state index in [2.05, 4.69) is 15.3 Å². The zero-order valence-corrected chi connectivity index (χ0v) is 12.0. The van der Waals surface area contributed by atoms with E-state index in [4.69, 9.17) is 4.74 Å². The number of anilines is 1. The third-order valence-electron chi connectivity index (χ3n) is 2.78. The Bertz CT molecular complexity index is 696. The minimum absolute atomic E-state index is 0.00303. The van der Waals surface area contributed by atoms with Crippen LogP contribution < -0.4 is 10.1 Å². The van der Waals surface area contributed by atoms with Gasteiger partial charge in [0.05, 0.1) is 0 Å². The molecule has 1 aromatic heterocycles. The zero-order valence-electron chi connectivity index (χ0n) is 12.0. The minimum atomic E-state index is -4.60. The van der Waals surface area contributed by atoms with Crippen LogP contribution in [0.3, 0.4) is 0 Å². The van der Waals surface area contributed by atoms with E-state index in [1.54, 1.807) is 0 Å². The summed E-state index contributed by atoms with van der Waals surface area (Å²) in [4.78, 5) is 6.86. The summed E-state index contributed by atoms with van der Waals surface area (Å²) >= 11 is 0. The van der Waals surface area contributed by atoms with Crippen LogP contribution in [0.1, 0.15) is 5.69 Å². The Morgan fingerprint density at radius 2 is 1.92 bits per heavy atom. The standard InChI is InChI=1S/C14H12F5N3O2/c15-10-2-1-9(5-11(10)16)24-7-8(23)6-21-13-20-4-3-12(22-13)14(17,18)19/h1-5,8,23H,6-7H2,(H,20,21,22)/t8-/m0/s1. The highest BCUT2D eigenvalue weighted by atomic mass is 19.4. The van der Waals surface area contributed by atoms with Gasteiger partial charge in [0, 0.05) is 18.8 Å². The number of benzene rings is 1. The summed E-state index contributed by atoms with van der Waals surface area (Å²) in [5.41, 5.74) is -1.12. The molecule has 5 nitrogen and oxygen atoms in total. The molecule has 0 aliphatic rings. The lowest BCUT2D eigenvalue weighted by Crippen LogP contribution is -2.27. The van der Waals surface area contributed by atoms with E-state index in [0.717, 1.165) is 18.3 Å². The summed E-state index contributed by atoms with van der Waals surface area (Å²) < 4.78 is 68.2. The number of aromatic nitrogens is 2. The number of ether oxygens (including phenoxy) is 1. The van der Waals surface area contributed by atoms with Gasteiger partial charge in [0.25, 0.3) is 0 Å². The second-order valence-electron chi connectivity index (χ2n) is 4.68. The fourth-order valence-electron chi connectivity index (χ4n) is 1.63. The molecule has 2 aromatic rings. The highest BCUT2D eigenvalue weighted by Gasteiger charge is 2.32. The van der Waals surface area contributed by atoms with Gasteiger partial charge in [-0.1, -0.05) is 0 Å². The molecule has 0 spiro atoms. The molecule has 130 valence electrons. The Balaban J connectivity index is 1.85. The number of hydrogen-bond donors (Lipinski definition) is 2. The van der Waals surface area contributed by atoms with Crippen molar-refractivity contribution in [3.63, 3.8) is 0 Å². The molecule has 1 atom stereocenters. The van der Waals surface area contributed by atoms with Crippen LogP contribution in [0, 0.1) is 11.6 Å². The van der Waals surface area contributed by atoms with Crippen LogP contribution >= 0.6 is 0 Å². The van der Waals surface area contributed by atoms with E-state index in [9.17, 15) is 27.1 Å². The average Bonchev–Trinajstić information content (AvgIpc) is 2.53. The summed E-state index contributed by atoms with van der Waals surface area (Å²) in [5, 5.41) is 12.1. The molecular weight excluding hydrogens is 337 g/mol. The topological polar surface area (TPSA) is 67.3 Å². The Kier molecular flexibility index (Phi) is 5.50. The first-order chi connectivity index (χ1) is 11.3. The van der Waals surface area contributed by atoms with Crippen LogP contribution in [0.2, 0.25) is 0 Å². The lowest BCUT2D eigenvalue weighted by Gasteiger charge is -2.14. The number of halogens is 5. The number of aliphatic hydroxyl groups is 1. The van der Waals surface area contributed by atoms with Gasteiger partial charge in [0.2, 0.25) is 5.95 Å². The molecule has 0 unspecified atom stereocenters. The number of aliphatic hydroxyl groups excluding tert-OH is 1. The maximum atomic E-state index is 13.0. The van der Waals surface area contributed by atoms with Crippen LogP contribution in [0.4, 0.5) is 27.9 Å². The molecule has 2 rings (SSSR count). The van der Waals surface area contributed by atoms with Crippen LogP contribution in [-0.4, -0.2) is 34.3 Å². The molecule has 1 aromatic carbocycles. The van der Waals surface area contributed by atoms with Crippen LogP contribution in [0.5, 0.6) is 5.75 Å². The predicted molar refractivity (Wildman–Crippen MR) is 73.4 cm³/mol. The Labute approximate surface area is 133 Å². The zero-order chi connectivity index (χ0) is 17.7. The molecule has 0 aliphatic heterocycles. The SMILES string of the molecule is O[C@@H](CNc1nccc(C(F)(F)F)n1)COc1ccc(F)c(F)c1. The highest BCUT2D eigenvalue weighted by molar-refractivity contribution is 5.26. The summed E-state index contributed by atoms with van der Waals surface area (Å²) in [7, 11) is 0. The van der Waals surface area contributed by atoms with Crippen LogP contribution in [0.25, 0.3) is 0 Å². The van der Waals surface area contributed by atoms with E-state index >= 15 is 0 Å². The fourth-order valence-corrected chi connectivity index (χ4v) is 1.63. The monoisotopic (exact) mass is 349 g/mol. The van der Waals surface area contributed by atoms with Gasteiger partial charge in [-0.25, -0.2) is 18.7 Å². The number of alkyl halides is 3. The molecule has 0 bridgehead atoms. The number of nitrogens with zero attached hydrogens (tertiary/aromatic N) is 2. The van der Waals surface area contributed by atoms with Gasteiger partial charge < -0.3 is 15.2 Å². The van der Waals surface area contributed by atoms with Gasteiger partial charge in [0.1, 0.15) is 24.2 Å². The van der Waals surface area contributed by atoms with Crippen molar-refractivity contribution in [2.24, 2.45) is 0 Å². The van der Waals surface area contributed by atoms with Crippen molar-refractivity contribution in [3.05, 3.63) is 47.8 Å². The first-order valence-corrected chi connectivity index (χ1v) is 6.66. The Hall–Kier alpha value is -2.49. The van der Waals surface area contributed by atoms with Gasteiger partial charge in [-0.3, -0.25) is 0 Å². The largest absolute Gasteiger partial charge is 0.491 e. The lowest BCUT2D eigenvalue weighted by atomic mass is 10.3. The van der Waals surface area contributed by atoms with E-state index < -0.39 is 29.6 Å². The van der Waals surface area contributed by atoms with E-state index in [-0.39, 0.29) is 24.8 Å². The molecule has 0 fully saturated rings. The van der Waals surface area contributed by atoms with Gasteiger partial charge in [0.15, 0.2) is 11.6 Å². The van der Waals surface area contributed by atoms with Gasteiger partial charge >= 0.3 is 6.18 Å². The first-order valence-electron chi connectivity index (χ1n) is 6.66. The van der Waals surface area contributed by atoms with Crippen molar-refractivity contribution in [2.75, 3.05) is 18.5 Å². The van der Waals surface area contributed by atoms with Gasteiger partial charge in [-0.15, -0.1) is 0 Å². The maximum Gasteiger partial charge on any atom is 0.433 e. The van der Waals surface area contributed by atoms with Crippen molar-refractivity contribution in [3.8, 4) is 5.75 Å². The molecule has 1 heterocycles. The van der Waals surface area contributed by atoms with E-state index in [1.165, 1.54) is 6.07 Å². The number of rotatable bonds is 6. The molecule has 24 heavy (non-hydrogen) atoms. The first kappa shape index (κ1) is 17.9. The molecule has 0 saturated heterocycles. The molecule has 0 amide bonds. The van der Waals surface area contributed by atoms with Crippen molar-refractivity contribution in [1.29, 1.82) is 0 Å². The van der Waals surface area contributed by atoms with Gasteiger partial charge in [-0.05, 0) is 18.2 Å². The van der Waals surface area contributed by atoms with Crippen molar-refractivity contribution in [1.82, 2.24) is 9.97 Å². The molecular formula is C14H12F5N3O2. The Morgan fingerprint density at radius 1 is 1.17 bits per heavy atom. The molecule has 10 heteroatoms. The van der Waals surface area contributed by atoms with Crippen molar-refractivity contribution in [2.45, 2.75) is 12.3 Å². The normalized spacial score (nSPS) is 12.8. The summed E-state index contributed by atoms with van der Waals surface area (Å²) in [6, 6.07) is 3.57. The van der Waals surface area contributed by atoms with Crippen LogP contribution in [-0.2, 0) is 6.18 Å². The van der Waals surface area contributed by atoms with Crippen molar-refractivity contribution < 1.29 is 31.8 Å². The predicted octanol–water partition coefficient (Wildman–Crippen LogP) is 2.63. The minimum Gasteiger partial charge on any atom is -0.491 e. The smallest absolute Gasteiger partial charge is 0.433 e. The molecule has 0 saturated carbocycles. The van der Waals surface area contributed by atoms with Gasteiger partial charge in [-0.2, -0.15) is 13.2 Å². The summed E-state index contributed by atoms with van der Waals surface area (Å²) in [5.74, 6) is -2.44. The lowest BCUT2D eigenvalue weighted by molar-refractivity contribution is -0.141. The molecule has 0 radical (unpaired) electrons. The summed E-state index contributed by atoms with van der Waals surface area (Å²) in [6.07, 6.45) is -4.81. The van der Waals surface area contributed by atoms with E-state index in [1.807, 2.05) is 0 Å². The molecule has 0 aliphatic carbocycles. The van der Waals surface area contributed by atoms with Crippen LogP contribution in [0.15, 0.2) is 30.5 Å².